The van der Waals surface area contributed by atoms with Gasteiger partial charge in [0.1, 0.15) is 22.6 Å². The molecule has 1 aromatic carbocycles. The summed E-state index contributed by atoms with van der Waals surface area (Å²) in [5.41, 5.74) is 7.51. The Kier molecular flexibility index (Phi) is 14.5. The molecule has 4 N–H and O–H groups in total. The number of ether oxygens (including phenoxy) is 4. The van der Waals surface area contributed by atoms with E-state index in [1.165, 1.54) is 10.8 Å². The van der Waals surface area contributed by atoms with Crippen LogP contribution in [0.1, 0.15) is 48.4 Å². The average Bonchev–Trinajstić information content (AvgIpc) is 3.99. The van der Waals surface area contributed by atoms with Crippen molar-refractivity contribution in [1.82, 2.24) is 59.0 Å². The predicted molar refractivity (Wildman–Crippen MR) is 223 cm³/mol. The first-order valence-electron chi connectivity index (χ1n) is 20.6. The SMILES string of the molecule is CCCCOc1nc(N)c2[nH]c(=O)n(Cc3cn(CCOCCOCCOCCn4cc(CN5CCN(c6cc7c(cc6F)c(=O)c(C(=O)O)cn7CC)CC5)nn4)nn3)c2n1. The third kappa shape index (κ3) is 10.6. The van der Waals surface area contributed by atoms with Crippen molar-refractivity contribution in [2.24, 2.45) is 0 Å². The monoisotopic (exact) mass is 862 g/mol. The van der Waals surface area contributed by atoms with Gasteiger partial charge in [-0.15, -0.1) is 10.2 Å². The number of pyridine rings is 1. The number of anilines is 2. The number of nitrogen functional groups attached to an aromatic ring is 1. The van der Waals surface area contributed by atoms with E-state index in [1.54, 1.807) is 26.2 Å². The molecule has 1 aliphatic heterocycles. The zero-order valence-electron chi connectivity index (χ0n) is 34.7. The summed E-state index contributed by atoms with van der Waals surface area (Å²) in [6, 6.07) is 2.91. The summed E-state index contributed by atoms with van der Waals surface area (Å²) in [7, 11) is 0. The number of aryl methyl sites for hydroxylation is 1. The quantitative estimate of drug-likeness (QED) is 0.0769. The summed E-state index contributed by atoms with van der Waals surface area (Å²) >= 11 is 0. The first-order chi connectivity index (χ1) is 30.1. The second kappa shape index (κ2) is 20.5. The number of nitrogens with zero attached hydrogens (tertiary/aromatic N) is 12. The Labute approximate surface area is 353 Å². The minimum atomic E-state index is -1.34. The number of fused-ring (bicyclic) bond motifs is 2. The number of rotatable bonds is 23. The Balaban J connectivity index is 0.747. The molecule has 1 saturated heterocycles. The number of piperazine rings is 1. The molecule has 23 heteroatoms. The van der Waals surface area contributed by atoms with Gasteiger partial charge in [-0.3, -0.25) is 14.3 Å². The Hall–Kier alpha value is -6.30. The number of aromatic carboxylic acids is 1. The first-order valence-corrected chi connectivity index (χ1v) is 20.6. The molecule has 332 valence electrons. The summed E-state index contributed by atoms with van der Waals surface area (Å²) < 4.78 is 44.4. The molecule has 6 heterocycles. The number of carboxylic acid groups (broad SMARTS) is 1. The van der Waals surface area contributed by atoms with E-state index in [4.69, 9.17) is 24.7 Å². The van der Waals surface area contributed by atoms with Crippen molar-refractivity contribution in [2.75, 3.05) is 83.1 Å². The molecule has 0 radical (unpaired) electrons. The third-order valence-electron chi connectivity index (χ3n) is 10.3. The number of hydrogen-bond donors (Lipinski definition) is 3. The molecule has 0 unspecified atom stereocenters. The van der Waals surface area contributed by atoms with Crippen molar-refractivity contribution in [1.29, 1.82) is 0 Å². The number of nitrogens with one attached hydrogen (secondary N) is 1. The van der Waals surface area contributed by atoms with E-state index in [0.29, 0.717) is 127 Å². The molecule has 62 heavy (non-hydrogen) atoms. The van der Waals surface area contributed by atoms with Gasteiger partial charge in [0.25, 0.3) is 0 Å². The van der Waals surface area contributed by atoms with Gasteiger partial charge in [0.15, 0.2) is 11.5 Å². The normalized spacial score (nSPS) is 13.5. The van der Waals surface area contributed by atoms with Gasteiger partial charge >= 0.3 is 17.7 Å². The molecule has 6 aromatic rings. The molecular formula is C39H51FN14O8. The van der Waals surface area contributed by atoms with Crippen LogP contribution >= 0.6 is 0 Å². The second-order valence-corrected chi connectivity index (χ2v) is 14.6. The molecule has 7 rings (SSSR count). The van der Waals surface area contributed by atoms with Gasteiger partial charge in [-0.05, 0) is 25.5 Å². The highest BCUT2D eigenvalue weighted by atomic mass is 19.1. The van der Waals surface area contributed by atoms with E-state index in [1.807, 2.05) is 24.9 Å². The Morgan fingerprint density at radius 2 is 1.50 bits per heavy atom. The van der Waals surface area contributed by atoms with Crippen LogP contribution in [0.2, 0.25) is 0 Å². The minimum absolute atomic E-state index is 0.0523. The van der Waals surface area contributed by atoms with Crippen LogP contribution in [-0.4, -0.2) is 142 Å². The van der Waals surface area contributed by atoms with Crippen molar-refractivity contribution in [3.63, 3.8) is 0 Å². The number of nitrogens with two attached hydrogens (primary N) is 1. The summed E-state index contributed by atoms with van der Waals surface area (Å²) in [5, 5.41) is 26.3. The van der Waals surface area contributed by atoms with Crippen molar-refractivity contribution < 1.29 is 33.2 Å². The predicted octanol–water partition coefficient (Wildman–Crippen LogP) is 1.36. The van der Waals surface area contributed by atoms with E-state index in [2.05, 4.69) is 40.5 Å². The number of benzene rings is 1. The maximum absolute atomic E-state index is 15.3. The summed E-state index contributed by atoms with van der Waals surface area (Å²) in [5.74, 6) is -1.76. The number of H-pyrrole nitrogens is 1. The van der Waals surface area contributed by atoms with Gasteiger partial charge in [-0.1, -0.05) is 23.8 Å². The fraction of sp³-hybridized carbons (Fsp3) is 0.513. The molecule has 22 nitrogen and oxygen atoms in total. The highest BCUT2D eigenvalue weighted by Gasteiger charge is 2.23. The number of carboxylic acids is 1. The van der Waals surface area contributed by atoms with Crippen LogP contribution in [0.15, 0.2) is 40.3 Å². The molecule has 0 bridgehead atoms. The maximum atomic E-state index is 15.3. The highest BCUT2D eigenvalue weighted by Crippen LogP contribution is 2.27. The lowest BCUT2D eigenvalue weighted by Gasteiger charge is -2.36. The number of hydrogen-bond acceptors (Lipinski definition) is 16. The van der Waals surface area contributed by atoms with Crippen LogP contribution in [0.25, 0.3) is 22.1 Å². The van der Waals surface area contributed by atoms with Crippen molar-refractivity contribution in [3.8, 4) is 6.01 Å². The lowest BCUT2D eigenvalue weighted by Crippen LogP contribution is -2.46. The van der Waals surface area contributed by atoms with Gasteiger partial charge < -0.3 is 44.2 Å². The number of unbranched alkanes of at least 4 members (excludes halogenated alkanes) is 1. The standard InChI is InChI=1S/C39H51FN14O8/c1-3-5-12-62-38-43-35(41)33-36(44-38)54(39(58)42-33)24-27-23-53(48-46-27)11-14-60-16-18-61-17-15-59-13-10-52-22-26(45-47-52)21-49-6-8-51(9-7-49)32-20-31-28(19-30(32)40)34(55)29(37(56)57)25-50(31)4-2/h19-20,22-23,25H,3-18,21,24H2,1-2H3,(H,42,58)(H,56,57)(H2,41,43,44). The van der Waals surface area contributed by atoms with E-state index in [0.717, 1.165) is 24.6 Å². The zero-order valence-corrected chi connectivity index (χ0v) is 34.7. The molecule has 1 fully saturated rings. The smallest absolute Gasteiger partial charge is 0.341 e. The Bertz CT molecular complexity index is 2580. The zero-order chi connectivity index (χ0) is 43.6. The van der Waals surface area contributed by atoms with E-state index < -0.39 is 22.9 Å². The van der Waals surface area contributed by atoms with Crippen LogP contribution < -0.4 is 26.5 Å². The molecular weight excluding hydrogens is 812 g/mol. The summed E-state index contributed by atoms with van der Waals surface area (Å²) in [6.07, 6.45) is 6.74. The van der Waals surface area contributed by atoms with Crippen molar-refractivity contribution >= 4 is 39.5 Å². The fourth-order valence-corrected chi connectivity index (χ4v) is 7.04. The van der Waals surface area contributed by atoms with Crippen LogP contribution in [0.5, 0.6) is 6.01 Å². The third-order valence-corrected chi connectivity index (χ3v) is 10.3. The molecule has 0 amide bonds. The summed E-state index contributed by atoms with van der Waals surface area (Å²) in [4.78, 5) is 52.4. The van der Waals surface area contributed by atoms with Crippen LogP contribution in [0, 0.1) is 5.82 Å². The molecule has 1 aliphatic rings. The molecule has 0 aliphatic carbocycles. The first kappa shape index (κ1) is 43.8. The van der Waals surface area contributed by atoms with E-state index in [-0.39, 0.29) is 29.3 Å². The number of halogens is 1. The fourth-order valence-electron chi connectivity index (χ4n) is 7.04. The second-order valence-electron chi connectivity index (χ2n) is 14.6. The van der Waals surface area contributed by atoms with Gasteiger partial charge in [0.05, 0.1) is 89.0 Å². The lowest BCUT2D eigenvalue weighted by molar-refractivity contribution is 0.0110. The number of aromatic amines is 1. The topological polar surface area (TPSA) is 254 Å². The minimum Gasteiger partial charge on any atom is -0.477 e. The highest BCUT2D eigenvalue weighted by molar-refractivity contribution is 5.93. The van der Waals surface area contributed by atoms with Gasteiger partial charge in [-0.25, -0.2) is 23.3 Å². The summed E-state index contributed by atoms with van der Waals surface area (Å²) in [6.45, 7) is 11.4. The Morgan fingerprint density at radius 3 is 2.13 bits per heavy atom. The maximum Gasteiger partial charge on any atom is 0.341 e. The van der Waals surface area contributed by atoms with E-state index in [9.17, 15) is 19.5 Å². The molecule has 0 saturated carbocycles. The van der Waals surface area contributed by atoms with Crippen molar-refractivity contribution in [3.05, 3.63) is 74.2 Å². The number of carbonyl (C=O) groups is 1. The van der Waals surface area contributed by atoms with E-state index >= 15 is 4.39 Å². The molecule has 0 spiro atoms. The van der Waals surface area contributed by atoms with Gasteiger partial charge in [0.2, 0.25) is 5.43 Å². The number of aromatic nitrogens is 11. The van der Waals surface area contributed by atoms with Crippen molar-refractivity contribution in [2.45, 2.75) is 59.4 Å². The van der Waals surface area contributed by atoms with Crippen LogP contribution in [-0.2, 0) is 46.9 Å². The van der Waals surface area contributed by atoms with Crippen LogP contribution in [0.4, 0.5) is 15.9 Å². The number of imidazole rings is 1. The van der Waals surface area contributed by atoms with Gasteiger partial charge in [-0.2, -0.15) is 9.97 Å². The average molecular weight is 863 g/mol. The molecule has 0 atom stereocenters. The largest absolute Gasteiger partial charge is 0.477 e. The lowest BCUT2D eigenvalue weighted by atomic mass is 10.1. The van der Waals surface area contributed by atoms with Gasteiger partial charge in [0, 0.05) is 57.0 Å². The Morgan fingerprint density at radius 1 is 0.855 bits per heavy atom. The molecule has 5 aromatic heterocycles. The van der Waals surface area contributed by atoms with Crippen LogP contribution in [0.3, 0.4) is 0 Å².